The lowest BCUT2D eigenvalue weighted by Gasteiger charge is -2.24. The van der Waals surface area contributed by atoms with Crippen molar-refractivity contribution in [1.82, 2.24) is 14.1 Å². The zero-order chi connectivity index (χ0) is 18.1. The van der Waals surface area contributed by atoms with Crippen molar-refractivity contribution >= 4 is 21.6 Å². The molecule has 0 bridgehead atoms. The molecule has 3 heterocycles. The Morgan fingerprint density at radius 3 is 2.77 bits per heavy atom. The molecule has 0 amide bonds. The van der Waals surface area contributed by atoms with Gasteiger partial charge in [-0.25, -0.2) is 8.42 Å². The minimum Gasteiger partial charge on any atom is -0.381 e. The summed E-state index contributed by atoms with van der Waals surface area (Å²) in [5, 5.41) is 4.95. The van der Waals surface area contributed by atoms with E-state index in [9.17, 15) is 8.42 Å². The summed E-state index contributed by atoms with van der Waals surface area (Å²) >= 11 is 6.10. The van der Waals surface area contributed by atoms with E-state index in [4.69, 9.17) is 16.3 Å². The third-order valence-electron chi connectivity index (χ3n) is 5.19. The van der Waals surface area contributed by atoms with Crippen molar-refractivity contribution in [3.8, 4) is 0 Å². The van der Waals surface area contributed by atoms with Crippen LogP contribution in [0.25, 0.3) is 0 Å². The lowest BCUT2D eigenvalue weighted by Crippen LogP contribution is -2.30. The molecule has 1 aromatic heterocycles. The van der Waals surface area contributed by atoms with E-state index < -0.39 is 10.0 Å². The number of hydrogen-bond acceptors (Lipinski definition) is 4. The molecule has 2 aliphatic rings. The van der Waals surface area contributed by atoms with Crippen LogP contribution < -0.4 is 0 Å². The second-order valence-electron chi connectivity index (χ2n) is 6.83. The van der Waals surface area contributed by atoms with Gasteiger partial charge in [0.15, 0.2) is 0 Å². The second-order valence-corrected chi connectivity index (χ2v) is 9.16. The molecule has 0 aliphatic carbocycles. The van der Waals surface area contributed by atoms with E-state index in [1.54, 1.807) is 21.3 Å². The Morgan fingerprint density at radius 2 is 2.00 bits per heavy atom. The fraction of sp³-hybridized carbons (Fsp3) is 0.500. The maximum absolute atomic E-state index is 13.2. The highest BCUT2D eigenvalue weighted by atomic mass is 35.5. The standard InChI is InChI=1S/C18H22ClN3O3S/c19-15-4-1-3-14(11-15)18-5-2-8-22(18)26(23,24)17-12-20-21(13-17)16-6-9-25-10-7-16/h1,3-4,11-13,16,18H,2,5-10H2. The first-order chi connectivity index (χ1) is 12.6. The van der Waals surface area contributed by atoms with E-state index in [0.717, 1.165) is 31.2 Å². The van der Waals surface area contributed by atoms with Crippen LogP contribution in [0.15, 0.2) is 41.6 Å². The van der Waals surface area contributed by atoms with Crippen molar-refractivity contribution in [3.05, 3.63) is 47.2 Å². The van der Waals surface area contributed by atoms with Crippen molar-refractivity contribution in [2.45, 2.75) is 42.7 Å². The average Bonchev–Trinajstić information content (AvgIpc) is 3.33. The molecule has 2 aromatic rings. The number of halogens is 1. The van der Waals surface area contributed by atoms with E-state index in [-0.39, 0.29) is 17.0 Å². The van der Waals surface area contributed by atoms with Crippen LogP contribution in [-0.2, 0) is 14.8 Å². The first-order valence-corrected chi connectivity index (χ1v) is 10.8. The van der Waals surface area contributed by atoms with Crippen LogP contribution in [-0.4, -0.2) is 42.3 Å². The maximum atomic E-state index is 13.2. The fourth-order valence-corrected chi connectivity index (χ4v) is 5.64. The minimum absolute atomic E-state index is 0.176. The monoisotopic (exact) mass is 395 g/mol. The third kappa shape index (κ3) is 3.41. The van der Waals surface area contributed by atoms with Gasteiger partial charge < -0.3 is 4.74 Å². The zero-order valence-corrected chi connectivity index (χ0v) is 16.0. The molecule has 140 valence electrons. The highest BCUT2D eigenvalue weighted by Crippen LogP contribution is 2.37. The Labute approximate surface area is 158 Å². The number of ether oxygens (including phenoxy) is 1. The molecule has 0 spiro atoms. The Hall–Kier alpha value is -1.41. The number of benzene rings is 1. The van der Waals surface area contributed by atoms with Crippen LogP contribution in [0.2, 0.25) is 5.02 Å². The molecule has 6 nitrogen and oxygen atoms in total. The molecule has 1 unspecified atom stereocenters. The van der Waals surface area contributed by atoms with Crippen molar-refractivity contribution in [3.63, 3.8) is 0 Å². The van der Waals surface area contributed by atoms with Crippen LogP contribution in [0.4, 0.5) is 0 Å². The van der Waals surface area contributed by atoms with Crippen molar-refractivity contribution in [1.29, 1.82) is 0 Å². The summed E-state index contributed by atoms with van der Waals surface area (Å²) in [6.45, 7) is 1.90. The molecule has 0 radical (unpaired) electrons. The topological polar surface area (TPSA) is 64.4 Å². The van der Waals surface area contributed by atoms with Gasteiger partial charge in [-0.15, -0.1) is 0 Å². The summed E-state index contributed by atoms with van der Waals surface area (Å²) in [6.07, 6.45) is 6.49. The number of sulfonamides is 1. The molecular formula is C18H22ClN3O3S. The molecule has 1 atom stereocenters. The molecule has 0 saturated carbocycles. The highest BCUT2D eigenvalue weighted by Gasteiger charge is 2.37. The number of rotatable bonds is 4. The van der Waals surface area contributed by atoms with Gasteiger partial charge in [-0.3, -0.25) is 4.68 Å². The predicted octanol–water partition coefficient (Wildman–Crippen LogP) is 3.41. The first-order valence-electron chi connectivity index (χ1n) is 8.95. The van der Waals surface area contributed by atoms with Gasteiger partial charge >= 0.3 is 0 Å². The molecule has 4 rings (SSSR count). The van der Waals surface area contributed by atoms with Gasteiger partial charge in [0.1, 0.15) is 4.90 Å². The fourth-order valence-electron chi connectivity index (χ4n) is 3.81. The van der Waals surface area contributed by atoms with E-state index in [0.29, 0.717) is 24.8 Å². The molecule has 0 N–H and O–H groups in total. The van der Waals surface area contributed by atoms with E-state index in [1.807, 2.05) is 18.2 Å². The summed E-state index contributed by atoms with van der Waals surface area (Å²) in [6, 6.07) is 7.49. The van der Waals surface area contributed by atoms with Gasteiger partial charge in [-0.05, 0) is 43.4 Å². The van der Waals surface area contributed by atoms with Gasteiger partial charge in [-0.2, -0.15) is 9.40 Å². The molecule has 8 heteroatoms. The van der Waals surface area contributed by atoms with Gasteiger partial charge in [0.25, 0.3) is 0 Å². The Balaban J connectivity index is 1.60. The van der Waals surface area contributed by atoms with Crippen molar-refractivity contribution in [2.75, 3.05) is 19.8 Å². The lowest BCUT2D eigenvalue weighted by atomic mass is 10.1. The predicted molar refractivity (Wildman–Crippen MR) is 98.6 cm³/mol. The van der Waals surface area contributed by atoms with Crippen LogP contribution in [0, 0.1) is 0 Å². The summed E-state index contributed by atoms with van der Waals surface area (Å²) in [7, 11) is -3.59. The van der Waals surface area contributed by atoms with E-state index in [2.05, 4.69) is 5.10 Å². The number of hydrogen-bond donors (Lipinski definition) is 0. The van der Waals surface area contributed by atoms with E-state index >= 15 is 0 Å². The summed E-state index contributed by atoms with van der Waals surface area (Å²) in [5.41, 5.74) is 0.940. The molecule has 1 aromatic carbocycles. The summed E-state index contributed by atoms with van der Waals surface area (Å²) < 4.78 is 35.2. The largest absolute Gasteiger partial charge is 0.381 e. The summed E-state index contributed by atoms with van der Waals surface area (Å²) in [5.74, 6) is 0. The number of aromatic nitrogens is 2. The Morgan fingerprint density at radius 1 is 1.19 bits per heavy atom. The Bertz CT molecular complexity index is 877. The normalized spacial score (nSPS) is 22.7. The quantitative estimate of drug-likeness (QED) is 0.795. The Kier molecular flexibility index (Phi) is 5.05. The van der Waals surface area contributed by atoms with Gasteiger partial charge in [0, 0.05) is 31.0 Å². The molecule has 2 fully saturated rings. The third-order valence-corrected chi connectivity index (χ3v) is 7.28. The van der Waals surface area contributed by atoms with E-state index in [1.165, 1.54) is 6.20 Å². The smallest absolute Gasteiger partial charge is 0.246 e. The maximum Gasteiger partial charge on any atom is 0.246 e. The second kappa shape index (κ2) is 7.31. The molecule has 2 saturated heterocycles. The van der Waals surface area contributed by atoms with Crippen molar-refractivity contribution < 1.29 is 13.2 Å². The zero-order valence-electron chi connectivity index (χ0n) is 14.4. The van der Waals surface area contributed by atoms with Crippen LogP contribution in [0.5, 0.6) is 0 Å². The molecule has 26 heavy (non-hydrogen) atoms. The van der Waals surface area contributed by atoms with Gasteiger partial charge in [-0.1, -0.05) is 23.7 Å². The van der Waals surface area contributed by atoms with Crippen LogP contribution in [0.1, 0.15) is 43.3 Å². The van der Waals surface area contributed by atoms with Crippen LogP contribution in [0.3, 0.4) is 0 Å². The van der Waals surface area contributed by atoms with Crippen LogP contribution >= 0.6 is 11.6 Å². The molecular weight excluding hydrogens is 374 g/mol. The number of nitrogens with zero attached hydrogens (tertiary/aromatic N) is 3. The summed E-state index contributed by atoms with van der Waals surface area (Å²) in [4.78, 5) is 0.262. The molecule has 2 aliphatic heterocycles. The van der Waals surface area contributed by atoms with Gasteiger partial charge in [0.05, 0.1) is 18.3 Å². The SMILES string of the molecule is O=S(=O)(c1cnn(C2CCOCC2)c1)N1CCCC1c1cccc(Cl)c1. The minimum atomic E-state index is -3.59. The highest BCUT2D eigenvalue weighted by molar-refractivity contribution is 7.89. The van der Waals surface area contributed by atoms with Gasteiger partial charge in [0.2, 0.25) is 10.0 Å². The average molecular weight is 396 g/mol. The van der Waals surface area contributed by atoms with Crippen molar-refractivity contribution in [2.24, 2.45) is 0 Å². The first kappa shape index (κ1) is 18.0. The lowest BCUT2D eigenvalue weighted by molar-refractivity contribution is 0.0662.